The first kappa shape index (κ1) is 16.3. The fourth-order valence-electron chi connectivity index (χ4n) is 1.52. The van der Waals surface area contributed by atoms with Crippen molar-refractivity contribution in [3.05, 3.63) is 35.4 Å². The molecule has 0 unspecified atom stereocenters. The molecule has 0 spiro atoms. The average Bonchev–Trinajstić information content (AvgIpc) is 2.03. The van der Waals surface area contributed by atoms with Gasteiger partial charge in [0.25, 0.3) is 0 Å². The Morgan fingerprint density at radius 3 is 1.19 bits per heavy atom. The second-order valence-corrected chi connectivity index (χ2v) is 54.6. The summed E-state index contributed by atoms with van der Waals surface area (Å²) in [6, 6.07) is 9.42. The number of rotatable bonds is 4. The monoisotopic (exact) mass is 678 g/mol. The minimum absolute atomic E-state index is 1.35. The van der Waals surface area contributed by atoms with Crippen LogP contribution >= 0.6 is 37.4 Å². The zero-order valence-electron chi connectivity index (χ0n) is 10.3. The molecule has 0 aromatic heterocycles. The fraction of sp³-hybridized carbons (Fsp3) is 0.500. The molecule has 94 valence electrons. The summed E-state index contributed by atoms with van der Waals surface area (Å²) in [6.45, 7) is 0. The van der Waals surface area contributed by atoms with Crippen molar-refractivity contribution in [3.63, 3.8) is 0 Å². The van der Waals surface area contributed by atoms with Gasteiger partial charge in [0.2, 0.25) is 0 Å². The van der Waals surface area contributed by atoms with Crippen LogP contribution in [-0.4, -0.2) is 28.5 Å². The summed E-state index contributed by atoms with van der Waals surface area (Å²) in [5.41, 5.74) is 3.09. The van der Waals surface area contributed by atoms with Crippen molar-refractivity contribution in [2.45, 2.75) is 28.8 Å². The van der Waals surface area contributed by atoms with Gasteiger partial charge in [-0.3, -0.25) is 0 Å². The van der Waals surface area contributed by atoms with E-state index in [2.05, 4.69) is 81.5 Å². The molecular formula is C12H20I2Te2. The third-order valence-electron chi connectivity index (χ3n) is 2.04. The maximum absolute atomic E-state index is 2.71. The molecule has 0 nitrogen and oxygen atoms in total. The van der Waals surface area contributed by atoms with Gasteiger partial charge < -0.3 is 0 Å². The Balaban J connectivity index is 2.69. The van der Waals surface area contributed by atoms with Crippen molar-refractivity contribution in [1.29, 1.82) is 0 Å². The number of hydrogen-bond donors (Lipinski definition) is 0. The van der Waals surface area contributed by atoms with E-state index < -0.39 is 28.5 Å². The molecule has 0 heterocycles. The van der Waals surface area contributed by atoms with Gasteiger partial charge in [0.15, 0.2) is 0 Å². The van der Waals surface area contributed by atoms with E-state index in [9.17, 15) is 0 Å². The van der Waals surface area contributed by atoms with Gasteiger partial charge in [0.05, 0.1) is 0 Å². The Bertz CT molecular complexity index is 299. The summed E-state index contributed by atoms with van der Waals surface area (Å²) in [7, 11) is 0. The van der Waals surface area contributed by atoms with E-state index >= 15 is 0 Å². The molecule has 0 aliphatic rings. The first-order valence-electron chi connectivity index (χ1n) is 5.05. The van der Waals surface area contributed by atoms with E-state index in [0.29, 0.717) is 0 Å². The molecule has 16 heavy (non-hydrogen) atoms. The van der Waals surface area contributed by atoms with Gasteiger partial charge in [-0.1, -0.05) is 0 Å². The van der Waals surface area contributed by atoms with Crippen molar-refractivity contribution in [1.82, 2.24) is 0 Å². The van der Waals surface area contributed by atoms with E-state index in [1.807, 2.05) is 0 Å². The fourth-order valence-corrected chi connectivity index (χ4v) is 12.0. The Hall–Kier alpha value is 2.26. The van der Waals surface area contributed by atoms with Gasteiger partial charge in [-0.25, -0.2) is 0 Å². The standard InChI is InChI=1S/C12H20I2Te2/c1-15(2,13)9-11-5-7-12(8-6-11)10-16(3,4)14/h5-8H,9-10H2,1-4H3. The van der Waals surface area contributed by atoms with E-state index in [4.69, 9.17) is 0 Å². The molecule has 0 amide bonds. The molecule has 1 aromatic carbocycles. The molecule has 0 saturated heterocycles. The van der Waals surface area contributed by atoms with Gasteiger partial charge in [-0.2, -0.15) is 0 Å². The first-order chi connectivity index (χ1) is 7.16. The Labute approximate surface area is 127 Å². The topological polar surface area (TPSA) is 0 Å². The predicted octanol–water partition coefficient (Wildman–Crippen LogP) is 5.13. The molecule has 0 aliphatic carbocycles. The van der Waals surface area contributed by atoms with Crippen LogP contribution < -0.4 is 0 Å². The second-order valence-electron chi connectivity index (χ2n) is 4.91. The van der Waals surface area contributed by atoms with Crippen molar-refractivity contribution < 1.29 is 0 Å². The number of benzene rings is 1. The third-order valence-corrected chi connectivity index (χ3v) is 12.0. The van der Waals surface area contributed by atoms with Crippen LogP contribution in [0.3, 0.4) is 0 Å². The van der Waals surface area contributed by atoms with Crippen LogP contribution in [0, 0.1) is 0 Å². The summed E-state index contributed by atoms with van der Waals surface area (Å²) >= 11 is 2.47. The average molecular weight is 673 g/mol. The third kappa shape index (κ3) is 7.64. The number of halogens is 2. The molecule has 1 aromatic rings. The SMILES string of the molecule is C[Te](C)(I)Cc1ccc(C[Te](C)(C)I)cc1. The molecule has 0 bridgehead atoms. The van der Waals surface area contributed by atoms with Crippen LogP contribution in [0.15, 0.2) is 24.3 Å². The van der Waals surface area contributed by atoms with E-state index in [1.165, 1.54) is 8.94 Å². The Morgan fingerprint density at radius 2 is 1.00 bits per heavy atom. The summed E-state index contributed by atoms with van der Waals surface area (Å²) in [5, 5.41) is 0. The quantitative estimate of drug-likeness (QED) is 0.308. The van der Waals surface area contributed by atoms with Crippen LogP contribution in [0.1, 0.15) is 11.1 Å². The van der Waals surface area contributed by atoms with Crippen LogP contribution in [0.2, 0.25) is 19.9 Å². The minimum atomic E-state index is -1.48. The van der Waals surface area contributed by atoms with Gasteiger partial charge in [-0.05, 0) is 0 Å². The zero-order valence-corrected chi connectivity index (χ0v) is 19.3. The molecule has 0 radical (unpaired) electrons. The summed E-state index contributed by atoms with van der Waals surface area (Å²) in [4.78, 5) is 9.89. The van der Waals surface area contributed by atoms with Crippen LogP contribution in [-0.2, 0) is 8.94 Å². The van der Waals surface area contributed by atoms with E-state index in [-0.39, 0.29) is 0 Å². The van der Waals surface area contributed by atoms with Crippen molar-refractivity contribution in [2.75, 3.05) is 0 Å². The Kier molecular flexibility index (Phi) is 6.75. The maximum atomic E-state index is 2.71. The van der Waals surface area contributed by atoms with Crippen LogP contribution in [0.5, 0.6) is 0 Å². The zero-order chi connectivity index (χ0) is 12.4. The van der Waals surface area contributed by atoms with Gasteiger partial charge in [0.1, 0.15) is 0 Å². The first-order valence-corrected chi connectivity index (χ1v) is 31.2. The van der Waals surface area contributed by atoms with Crippen molar-refractivity contribution in [3.8, 4) is 0 Å². The summed E-state index contributed by atoms with van der Waals surface area (Å²) in [5.74, 6) is 0. The molecule has 0 N–H and O–H groups in total. The summed E-state index contributed by atoms with van der Waals surface area (Å²) < 4.78 is 2.69. The molecular weight excluding hydrogens is 653 g/mol. The normalized spacial score (nSPS) is 14.9. The number of hydrogen-bond acceptors (Lipinski definition) is 0. The van der Waals surface area contributed by atoms with Crippen molar-refractivity contribution in [2.24, 2.45) is 0 Å². The van der Waals surface area contributed by atoms with Crippen molar-refractivity contribution >= 4 is 65.9 Å². The molecule has 0 saturated carbocycles. The van der Waals surface area contributed by atoms with E-state index in [0.717, 1.165) is 0 Å². The molecule has 0 fully saturated rings. The van der Waals surface area contributed by atoms with Crippen LogP contribution in [0.25, 0.3) is 0 Å². The molecule has 0 aliphatic heterocycles. The van der Waals surface area contributed by atoms with E-state index in [1.54, 1.807) is 11.1 Å². The molecule has 4 heteroatoms. The van der Waals surface area contributed by atoms with Crippen LogP contribution in [0.4, 0.5) is 0 Å². The van der Waals surface area contributed by atoms with Gasteiger partial charge >= 0.3 is 130 Å². The molecule has 0 atom stereocenters. The second kappa shape index (κ2) is 6.62. The molecule has 1 rings (SSSR count). The Morgan fingerprint density at radius 1 is 0.750 bits per heavy atom. The summed E-state index contributed by atoms with van der Waals surface area (Å²) in [6.07, 6.45) is 0. The van der Waals surface area contributed by atoms with Gasteiger partial charge in [-0.15, -0.1) is 0 Å². The predicted molar refractivity (Wildman–Crippen MR) is 96.9 cm³/mol. The van der Waals surface area contributed by atoms with Gasteiger partial charge in [0, 0.05) is 0 Å².